The minimum atomic E-state index is -4.57. The molecule has 1 aliphatic heterocycles. The molecule has 11 nitrogen and oxygen atoms in total. The number of likely N-dealkylation sites (tertiary alicyclic amines) is 1. The second-order valence-electron chi connectivity index (χ2n) is 10.9. The third-order valence-electron chi connectivity index (χ3n) is 6.59. The number of amides is 1. The number of fused-ring (bicyclic) bond motifs is 1. The Hall–Kier alpha value is -4.20. The van der Waals surface area contributed by atoms with Crippen molar-refractivity contribution in [3.05, 3.63) is 42.2 Å². The van der Waals surface area contributed by atoms with Crippen LogP contribution in [-0.2, 0) is 25.2 Å². The number of rotatable bonds is 8. The number of methoxy groups -OCH3 is 1. The van der Waals surface area contributed by atoms with Gasteiger partial charge in [0.25, 0.3) is 0 Å². The molecule has 0 bridgehead atoms. The minimum absolute atomic E-state index is 0.0740. The van der Waals surface area contributed by atoms with E-state index in [1.807, 2.05) is 0 Å². The summed E-state index contributed by atoms with van der Waals surface area (Å²) in [5.41, 5.74) is -1.09. The maximum Gasteiger partial charge on any atom is 0.416 e. The zero-order valence-electron chi connectivity index (χ0n) is 24.5. The predicted molar refractivity (Wildman–Crippen MR) is 150 cm³/mol. The lowest BCUT2D eigenvalue weighted by molar-refractivity contribution is -0.150. The van der Waals surface area contributed by atoms with Crippen molar-refractivity contribution in [3.63, 3.8) is 0 Å². The molecule has 1 N–H and O–H groups in total. The van der Waals surface area contributed by atoms with E-state index < -0.39 is 35.4 Å². The van der Waals surface area contributed by atoms with Crippen molar-refractivity contribution < 1.29 is 41.7 Å². The highest BCUT2D eigenvalue weighted by Gasteiger charge is 2.39. The first kappa shape index (κ1) is 31.7. The summed E-state index contributed by atoms with van der Waals surface area (Å²) in [6, 6.07) is 3.65. The maximum absolute atomic E-state index is 13.4. The van der Waals surface area contributed by atoms with E-state index in [-0.39, 0.29) is 43.0 Å². The number of alkyl halides is 3. The topological polar surface area (TPSA) is 125 Å². The Kier molecular flexibility index (Phi) is 9.58. The molecule has 2 aromatic heterocycles. The molecule has 1 aliphatic rings. The second-order valence-corrected chi connectivity index (χ2v) is 10.9. The summed E-state index contributed by atoms with van der Waals surface area (Å²) in [4.78, 5) is 31.3. The van der Waals surface area contributed by atoms with Crippen LogP contribution in [-0.4, -0.2) is 76.9 Å². The van der Waals surface area contributed by atoms with Gasteiger partial charge in [-0.1, -0.05) is 0 Å². The number of hydrogen-bond donors (Lipinski definition) is 1. The molecule has 14 heteroatoms. The number of nitrogens with one attached hydrogen (secondary N) is 1. The molecular weight excluding hydrogens is 571 g/mol. The lowest BCUT2D eigenvalue weighted by atomic mass is 9.98. The molecule has 4 rings (SSSR count). The number of carbonyl (C=O) groups excluding carboxylic acids is 2. The van der Waals surface area contributed by atoms with E-state index in [0.29, 0.717) is 29.4 Å². The number of anilines is 1. The van der Waals surface area contributed by atoms with E-state index in [1.54, 1.807) is 40.0 Å². The summed E-state index contributed by atoms with van der Waals surface area (Å²) in [5, 5.41) is 13.1. The summed E-state index contributed by atoms with van der Waals surface area (Å²) < 4.78 is 61.4. The molecule has 43 heavy (non-hydrogen) atoms. The van der Waals surface area contributed by atoms with Gasteiger partial charge in [-0.25, -0.2) is 9.59 Å². The number of carbonyl (C=O) groups is 2. The van der Waals surface area contributed by atoms with E-state index in [9.17, 15) is 22.8 Å². The van der Waals surface area contributed by atoms with Crippen molar-refractivity contribution in [2.45, 2.75) is 64.4 Å². The minimum Gasteiger partial charge on any atom is -0.467 e. The van der Waals surface area contributed by atoms with E-state index in [2.05, 4.69) is 20.5 Å². The largest absolute Gasteiger partial charge is 0.467 e. The molecule has 1 fully saturated rings. The Bertz CT molecular complexity index is 1460. The first-order chi connectivity index (χ1) is 20.3. The van der Waals surface area contributed by atoms with Crippen LogP contribution in [0.15, 0.2) is 36.7 Å². The Morgan fingerprint density at radius 2 is 1.86 bits per heavy atom. The molecule has 1 aromatic carbocycles. The van der Waals surface area contributed by atoms with Crippen molar-refractivity contribution in [1.82, 2.24) is 20.1 Å². The first-order valence-corrected chi connectivity index (χ1v) is 13.7. The quantitative estimate of drug-likeness (QED) is 0.262. The molecule has 0 radical (unpaired) electrons. The number of halogens is 3. The molecule has 3 heterocycles. The first-order valence-electron chi connectivity index (χ1n) is 13.7. The van der Waals surface area contributed by atoms with Gasteiger partial charge in [-0.15, -0.1) is 10.2 Å². The van der Waals surface area contributed by atoms with Gasteiger partial charge < -0.3 is 24.3 Å². The van der Waals surface area contributed by atoms with Crippen molar-refractivity contribution >= 4 is 28.7 Å². The molecule has 2 atom stereocenters. The maximum atomic E-state index is 13.4. The fourth-order valence-corrected chi connectivity index (χ4v) is 4.73. The summed E-state index contributed by atoms with van der Waals surface area (Å²) in [5.74, 6) is -0.231. The van der Waals surface area contributed by atoms with Crippen molar-refractivity contribution in [2.75, 3.05) is 32.4 Å². The van der Waals surface area contributed by atoms with Crippen LogP contribution in [0.25, 0.3) is 22.0 Å². The molecule has 1 amide bonds. The lowest BCUT2D eigenvalue weighted by Gasteiger charge is -2.39. The average Bonchev–Trinajstić information content (AvgIpc) is 2.95. The fraction of sp³-hybridized carbons (Fsp3) is 0.483. The van der Waals surface area contributed by atoms with Crippen molar-refractivity contribution in [1.29, 1.82) is 0 Å². The number of aromatic nitrogens is 3. The molecule has 0 unspecified atom stereocenters. The van der Waals surface area contributed by atoms with Gasteiger partial charge in [-0.05, 0) is 64.8 Å². The number of benzene rings is 1. The van der Waals surface area contributed by atoms with E-state index in [1.165, 1.54) is 24.3 Å². The summed E-state index contributed by atoms with van der Waals surface area (Å²) in [6.45, 7) is 6.94. The predicted octanol–water partition coefficient (Wildman–Crippen LogP) is 5.44. The van der Waals surface area contributed by atoms with Gasteiger partial charge in [0.15, 0.2) is 12.6 Å². The van der Waals surface area contributed by atoms with Crippen LogP contribution in [0.4, 0.5) is 23.8 Å². The molecule has 3 aromatic rings. The number of ether oxygens (including phenoxy) is 4. The van der Waals surface area contributed by atoms with Gasteiger partial charge in [-0.3, -0.25) is 9.88 Å². The standard InChI is InChI=1S/C29H34F3N5O6/c1-6-41-26(38)22-10-8-18(15-37(22)27(39)43-28(2,3)4)34-25-21-14-33-12-11-19(21)24(35-36-25)20-9-7-17(29(30,31)32)13-23(20)42-16-40-5/h7,9,11-14,18,22H,6,8,10,15-16H2,1-5H3,(H,34,36)/t18-,22-/m0/s1. The smallest absolute Gasteiger partial charge is 0.416 e. The van der Waals surface area contributed by atoms with Crippen LogP contribution in [0.2, 0.25) is 0 Å². The molecule has 0 spiro atoms. The Morgan fingerprint density at radius 1 is 1.09 bits per heavy atom. The molecule has 0 saturated carbocycles. The van der Waals surface area contributed by atoms with Gasteiger partial charge in [0.2, 0.25) is 0 Å². The van der Waals surface area contributed by atoms with E-state index in [4.69, 9.17) is 18.9 Å². The van der Waals surface area contributed by atoms with Gasteiger partial charge in [-0.2, -0.15) is 13.2 Å². The zero-order chi connectivity index (χ0) is 31.4. The van der Waals surface area contributed by atoms with Crippen LogP contribution in [0.3, 0.4) is 0 Å². The van der Waals surface area contributed by atoms with Gasteiger partial charge in [0, 0.05) is 48.4 Å². The number of pyridine rings is 1. The van der Waals surface area contributed by atoms with Crippen LogP contribution in [0.5, 0.6) is 5.75 Å². The number of esters is 1. The lowest BCUT2D eigenvalue weighted by Crippen LogP contribution is -2.55. The van der Waals surface area contributed by atoms with Crippen molar-refractivity contribution in [3.8, 4) is 17.0 Å². The van der Waals surface area contributed by atoms with Gasteiger partial charge >= 0.3 is 18.2 Å². The molecule has 1 saturated heterocycles. The number of hydrogen-bond acceptors (Lipinski definition) is 10. The second kappa shape index (κ2) is 13.0. The monoisotopic (exact) mass is 605 g/mol. The zero-order valence-corrected chi connectivity index (χ0v) is 24.5. The van der Waals surface area contributed by atoms with Crippen LogP contribution < -0.4 is 10.1 Å². The van der Waals surface area contributed by atoms with Crippen molar-refractivity contribution in [2.24, 2.45) is 0 Å². The van der Waals surface area contributed by atoms with Crippen LogP contribution >= 0.6 is 0 Å². The summed E-state index contributed by atoms with van der Waals surface area (Å²) in [7, 11) is 1.36. The third kappa shape index (κ3) is 7.61. The average molecular weight is 606 g/mol. The molecular formula is C29H34F3N5O6. The summed E-state index contributed by atoms with van der Waals surface area (Å²) >= 11 is 0. The van der Waals surface area contributed by atoms with Gasteiger partial charge in [0.1, 0.15) is 23.1 Å². The Balaban J connectivity index is 1.67. The Labute approximate surface area is 246 Å². The third-order valence-corrected chi connectivity index (χ3v) is 6.59. The van der Waals surface area contributed by atoms with Crippen LogP contribution in [0, 0.1) is 0 Å². The Morgan fingerprint density at radius 3 is 2.53 bits per heavy atom. The fourth-order valence-electron chi connectivity index (χ4n) is 4.73. The number of nitrogens with zero attached hydrogens (tertiary/aromatic N) is 4. The SMILES string of the molecule is CCOC(=O)[C@@H]1CC[C@H](Nc2nnc(-c3ccc(C(F)(F)F)cc3OCOC)c3ccncc23)CN1C(=O)OC(C)(C)C. The van der Waals surface area contributed by atoms with E-state index in [0.717, 1.165) is 12.1 Å². The number of piperidine rings is 1. The van der Waals surface area contributed by atoms with Gasteiger partial charge in [0.05, 0.1) is 12.2 Å². The highest BCUT2D eigenvalue weighted by molar-refractivity contribution is 6.00. The normalized spacial score (nSPS) is 17.4. The molecule has 232 valence electrons. The van der Waals surface area contributed by atoms with E-state index >= 15 is 0 Å². The molecule has 0 aliphatic carbocycles. The highest BCUT2D eigenvalue weighted by atomic mass is 19.4. The highest BCUT2D eigenvalue weighted by Crippen LogP contribution is 2.39. The summed E-state index contributed by atoms with van der Waals surface area (Å²) in [6.07, 6.45) is -1.30. The van der Waals surface area contributed by atoms with Crippen LogP contribution in [0.1, 0.15) is 46.1 Å².